The van der Waals surface area contributed by atoms with Gasteiger partial charge in [-0.15, -0.1) is 0 Å². The number of nitrogens with zero attached hydrogens (tertiary/aromatic N) is 1. The summed E-state index contributed by atoms with van der Waals surface area (Å²) < 4.78 is 5.35. The highest BCUT2D eigenvalue weighted by molar-refractivity contribution is 6.29. The Balaban J connectivity index is 1.71. The lowest BCUT2D eigenvalue weighted by molar-refractivity contribution is -0.119. The van der Waals surface area contributed by atoms with Gasteiger partial charge in [0.2, 0.25) is 11.8 Å². The third-order valence-corrected chi connectivity index (χ3v) is 4.21. The molecule has 1 unspecified atom stereocenters. The molecule has 20 heavy (non-hydrogen) atoms. The minimum Gasteiger partial charge on any atom is -0.481 e. The van der Waals surface area contributed by atoms with Crippen LogP contribution in [-0.2, 0) is 11.2 Å². The molecule has 3 rings (SSSR count). The van der Waals surface area contributed by atoms with Crippen molar-refractivity contribution < 1.29 is 9.53 Å². The SMILES string of the molecule is COc1nc(Cl)cc2c1C(NC[C@@H]1CCC(=O)N1)CC2. The van der Waals surface area contributed by atoms with Gasteiger partial charge in [-0.05, 0) is 30.9 Å². The number of amides is 1. The summed E-state index contributed by atoms with van der Waals surface area (Å²) in [5, 5.41) is 6.96. The van der Waals surface area contributed by atoms with E-state index >= 15 is 0 Å². The van der Waals surface area contributed by atoms with Crippen LogP contribution in [0.5, 0.6) is 5.88 Å². The molecular formula is C14H18ClN3O2. The van der Waals surface area contributed by atoms with Crippen LogP contribution in [-0.4, -0.2) is 30.6 Å². The average molecular weight is 296 g/mol. The van der Waals surface area contributed by atoms with Gasteiger partial charge in [0.25, 0.3) is 0 Å². The van der Waals surface area contributed by atoms with E-state index in [1.807, 2.05) is 6.07 Å². The molecule has 0 radical (unpaired) electrons. The molecule has 2 N–H and O–H groups in total. The molecule has 1 fully saturated rings. The number of carbonyl (C=O) groups excluding carboxylic acids is 1. The number of rotatable bonds is 4. The van der Waals surface area contributed by atoms with Crippen molar-refractivity contribution >= 4 is 17.5 Å². The maximum Gasteiger partial charge on any atom is 0.220 e. The third-order valence-electron chi connectivity index (χ3n) is 4.02. The quantitative estimate of drug-likeness (QED) is 0.828. The van der Waals surface area contributed by atoms with Gasteiger partial charge in [0.05, 0.1) is 7.11 Å². The van der Waals surface area contributed by atoms with Crippen molar-refractivity contribution in [3.63, 3.8) is 0 Å². The normalized spacial score (nSPS) is 24.6. The van der Waals surface area contributed by atoms with Crippen LogP contribution in [0.2, 0.25) is 5.15 Å². The summed E-state index contributed by atoms with van der Waals surface area (Å²) in [7, 11) is 1.62. The summed E-state index contributed by atoms with van der Waals surface area (Å²) >= 11 is 5.99. The van der Waals surface area contributed by atoms with Crippen molar-refractivity contribution in [1.82, 2.24) is 15.6 Å². The molecule has 5 nitrogen and oxygen atoms in total. The average Bonchev–Trinajstić information content (AvgIpc) is 3.01. The van der Waals surface area contributed by atoms with Crippen LogP contribution in [0, 0.1) is 0 Å². The first-order chi connectivity index (χ1) is 9.67. The van der Waals surface area contributed by atoms with Gasteiger partial charge in [-0.2, -0.15) is 0 Å². The molecule has 1 aliphatic carbocycles. The third kappa shape index (κ3) is 2.60. The van der Waals surface area contributed by atoms with E-state index < -0.39 is 0 Å². The number of hydrogen-bond acceptors (Lipinski definition) is 4. The highest BCUT2D eigenvalue weighted by atomic mass is 35.5. The van der Waals surface area contributed by atoms with E-state index in [-0.39, 0.29) is 18.0 Å². The maximum atomic E-state index is 11.2. The van der Waals surface area contributed by atoms with Crippen molar-refractivity contribution in [1.29, 1.82) is 0 Å². The van der Waals surface area contributed by atoms with E-state index in [1.165, 1.54) is 5.56 Å². The van der Waals surface area contributed by atoms with Gasteiger partial charge in [0.1, 0.15) is 5.15 Å². The highest BCUT2D eigenvalue weighted by Crippen LogP contribution is 2.38. The lowest BCUT2D eigenvalue weighted by Gasteiger charge is -2.19. The van der Waals surface area contributed by atoms with E-state index in [4.69, 9.17) is 16.3 Å². The Kier molecular flexibility index (Phi) is 3.81. The second-order valence-electron chi connectivity index (χ2n) is 5.33. The van der Waals surface area contributed by atoms with Gasteiger partial charge >= 0.3 is 0 Å². The number of aryl methyl sites for hydroxylation is 1. The zero-order valence-corrected chi connectivity index (χ0v) is 12.2. The van der Waals surface area contributed by atoms with Crippen molar-refractivity contribution in [3.05, 3.63) is 22.3 Å². The molecule has 1 amide bonds. The van der Waals surface area contributed by atoms with Crippen molar-refractivity contribution in [2.24, 2.45) is 0 Å². The summed E-state index contributed by atoms with van der Waals surface area (Å²) in [4.78, 5) is 15.4. The van der Waals surface area contributed by atoms with Crippen LogP contribution >= 0.6 is 11.6 Å². The number of pyridine rings is 1. The summed E-state index contributed by atoms with van der Waals surface area (Å²) in [6.07, 6.45) is 3.52. The zero-order chi connectivity index (χ0) is 14.1. The molecule has 2 atom stereocenters. The minimum atomic E-state index is 0.148. The molecule has 1 saturated heterocycles. The fraction of sp³-hybridized carbons (Fsp3) is 0.571. The van der Waals surface area contributed by atoms with Crippen molar-refractivity contribution in [3.8, 4) is 5.88 Å². The van der Waals surface area contributed by atoms with E-state index in [0.717, 1.165) is 31.4 Å². The molecule has 1 aromatic heterocycles. The number of carbonyl (C=O) groups is 1. The predicted molar refractivity (Wildman–Crippen MR) is 76.0 cm³/mol. The predicted octanol–water partition coefficient (Wildman–Crippen LogP) is 1.60. The van der Waals surface area contributed by atoms with E-state index in [1.54, 1.807) is 7.11 Å². The number of methoxy groups -OCH3 is 1. The lowest BCUT2D eigenvalue weighted by Crippen LogP contribution is -2.36. The second-order valence-corrected chi connectivity index (χ2v) is 5.72. The first kappa shape index (κ1) is 13.6. The number of ether oxygens (including phenoxy) is 1. The molecule has 0 bridgehead atoms. The van der Waals surface area contributed by atoms with Gasteiger partial charge in [-0.25, -0.2) is 4.98 Å². The topological polar surface area (TPSA) is 63.2 Å². The van der Waals surface area contributed by atoms with Gasteiger partial charge in [-0.3, -0.25) is 4.79 Å². The Morgan fingerprint density at radius 1 is 1.50 bits per heavy atom. The minimum absolute atomic E-state index is 0.148. The summed E-state index contributed by atoms with van der Waals surface area (Å²) in [5.41, 5.74) is 2.32. The van der Waals surface area contributed by atoms with Crippen LogP contribution in [0.4, 0.5) is 0 Å². The molecular weight excluding hydrogens is 278 g/mol. The van der Waals surface area contributed by atoms with Gasteiger partial charge < -0.3 is 15.4 Å². The van der Waals surface area contributed by atoms with Crippen molar-refractivity contribution in [2.75, 3.05) is 13.7 Å². The van der Waals surface area contributed by atoms with Crippen LogP contribution in [0.1, 0.15) is 36.4 Å². The molecule has 0 aromatic carbocycles. The number of aromatic nitrogens is 1. The number of halogens is 1. The Morgan fingerprint density at radius 3 is 3.05 bits per heavy atom. The number of hydrogen-bond donors (Lipinski definition) is 2. The first-order valence-corrected chi connectivity index (χ1v) is 7.31. The Morgan fingerprint density at radius 2 is 2.35 bits per heavy atom. The van der Waals surface area contributed by atoms with Gasteiger partial charge in [0.15, 0.2) is 0 Å². The Bertz CT molecular complexity index is 535. The standard InChI is InChI=1S/C14H18ClN3O2/c1-20-14-13-8(6-11(15)18-14)2-4-10(13)16-7-9-3-5-12(19)17-9/h6,9-10,16H,2-5,7H2,1H3,(H,17,19)/t9-,10?/m0/s1. The lowest BCUT2D eigenvalue weighted by atomic mass is 10.1. The van der Waals surface area contributed by atoms with Crippen LogP contribution < -0.4 is 15.4 Å². The van der Waals surface area contributed by atoms with Crippen molar-refractivity contribution in [2.45, 2.75) is 37.8 Å². The first-order valence-electron chi connectivity index (χ1n) is 6.93. The number of nitrogens with one attached hydrogen (secondary N) is 2. The van der Waals surface area contributed by atoms with Gasteiger partial charge in [-0.1, -0.05) is 11.6 Å². The Labute approximate surface area is 123 Å². The van der Waals surface area contributed by atoms with Crippen LogP contribution in [0.25, 0.3) is 0 Å². The van der Waals surface area contributed by atoms with Gasteiger partial charge in [0, 0.05) is 30.6 Å². The molecule has 0 spiro atoms. The maximum absolute atomic E-state index is 11.2. The van der Waals surface area contributed by atoms with E-state index in [9.17, 15) is 4.79 Å². The largest absolute Gasteiger partial charge is 0.481 e. The summed E-state index contributed by atoms with van der Waals surface area (Å²) in [6, 6.07) is 2.37. The molecule has 2 aliphatic rings. The molecule has 6 heteroatoms. The number of fused-ring (bicyclic) bond motifs is 1. The Hall–Kier alpha value is -1.33. The smallest absolute Gasteiger partial charge is 0.220 e. The fourth-order valence-corrected chi connectivity index (χ4v) is 3.26. The summed E-state index contributed by atoms with van der Waals surface area (Å²) in [6.45, 7) is 0.779. The van der Waals surface area contributed by atoms with E-state index in [2.05, 4.69) is 15.6 Å². The molecule has 1 aromatic rings. The van der Waals surface area contributed by atoms with E-state index in [0.29, 0.717) is 17.5 Å². The molecule has 1 aliphatic heterocycles. The zero-order valence-electron chi connectivity index (χ0n) is 11.4. The fourth-order valence-electron chi connectivity index (χ4n) is 3.05. The molecule has 2 heterocycles. The summed E-state index contributed by atoms with van der Waals surface area (Å²) in [5.74, 6) is 0.757. The monoisotopic (exact) mass is 295 g/mol. The molecule has 0 saturated carbocycles. The molecule has 108 valence electrons. The highest BCUT2D eigenvalue weighted by Gasteiger charge is 2.29. The van der Waals surface area contributed by atoms with Crippen LogP contribution in [0.15, 0.2) is 6.07 Å². The van der Waals surface area contributed by atoms with Crippen LogP contribution in [0.3, 0.4) is 0 Å². The second kappa shape index (κ2) is 5.58.